The first kappa shape index (κ1) is 9.73. The third kappa shape index (κ3) is 2.29. The maximum absolute atomic E-state index is 12.9. The molecular formula is C11H9F2. The molecule has 0 aliphatic rings. The van der Waals surface area contributed by atoms with Crippen LogP contribution in [0.3, 0.4) is 0 Å². The van der Waals surface area contributed by atoms with E-state index in [1.165, 1.54) is 12.1 Å². The number of hydrogen-bond acceptors (Lipinski definition) is 0. The Bertz CT molecular complexity index is 336. The molecule has 13 heavy (non-hydrogen) atoms. The fourth-order valence-corrected chi connectivity index (χ4v) is 0.997. The minimum Gasteiger partial charge on any atom is -0.250 e. The van der Waals surface area contributed by atoms with Crippen LogP contribution in [0.4, 0.5) is 8.78 Å². The molecule has 0 fully saturated rings. The van der Waals surface area contributed by atoms with Gasteiger partial charge in [-0.3, -0.25) is 4.39 Å². The van der Waals surface area contributed by atoms with Crippen molar-refractivity contribution in [1.29, 1.82) is 0 Å². The molecule has 0 saturated heterocycles. The van der Waals surface area contributed by atoms with E-state index >= 15 is 0 Å². The van der Waals surface area contributed by atoms with E-state index in [1.807, 2.05) is 0 Å². The maximum atomic E-state index is 12.9. The first-order valence-electron chi connectivity index (χ1n) is 3.83. The van der Waals surface area contributed by atoms with Crippen molar-refractivity contribution in [3.63, 3.8) is 0 Å². The summed E-state index contributed by atoms with van der Waals surface area (Å²) in [5.74, 6) is 2.36. The molecule has 0 aromatic heterocycles. The van der Waals surface area contributed by atoms with Gasteiger partial charge in [0.15, 0.2) is 0 Å². The highest BCUT2D eigenvalue weighted by Gasteiger charge is 2.07. The molecule has 1 aromatic carbocycles. The Morgan fingerprint density at radius 2 is 2.15 bits per heavy atom. The van der Waals surface area contributed by atoms with E-state index in [0.29, 0.717) is 17.0 Å². The quantitative estimate of drug-likeness (QED) is 0.612. The van der Waals surface area contributed by atoms with Crippen molar-refractivity contribution in [2.24, 2.45) is 0 Å². The Kier molecular flexibility index (Phi) is 3.02. The molecule has 2 heteroatoms. The molecule has 1 rings (SSSR count). The molecule has 0 aliphatic heterocycles. The molecule has 0 nitrogen and oxygen atoms in total. The summed E-state index contributed by atoms with van der Waals surface area (Å²) in [6.45, 7) is 1.02. The zero-order valence-electron chi connectivity index (χ0n) is 7.27. The van der Waals surface area contributed by atoms with Crippen LogP contribution in [0.2, 0.25) is 0 Å². The number of halogens is 2. The lowest BCUT2D eigenvalue weighted by Crippen LogP contribution is -1.98. The van der Waals surface area contributed by atoms with E-state index in [1.54, 1.807) is 13.0 Å². The van der Waals surface area contributed by atoms with Gasteiger partial charge in [0.1, 0.15) is 5.82 Å². The average molecular weight is 179 g/mol. The largest absolute Gasteiger partial charge is 0.250 e. The molecule has 0 bridgehead atoms. The van der Waals surface area contributed by atoms with Gasteiger partial charge in [0.05, 0.1) is 6.67 Å². The molecule has 0 atom stereocenters. The van der Waals surface area contributed by atoms with Gasteiger partial charge < -0.3 is 0 Å². The Balaban J connectivity index is 3.10. The van der Waals surface area contributed by atoms with Gasteiger partial charge in [-0.2, -0.15) is 0 Å². The molecule has 0 unspecified atom stereocenters. The third-order valence-corrected chi connectivity index (χ3v) is 1.76. The van der Waals surface area contributed by atoms with E-state index in [0.717, 1.165) is 0 Å². The predicted octanol–water partition coefficient (Wildman–Crippen LogP) is 2.72. The lowest BCUT2D eigenvalue weighted by molar-refractivity contribution is 0.515. The minimum atomic E-state index is -0.590. The SMILES string of the molecule is C#Cc1cc(F)cc([C](C)CF)c1. The normalized spacial score (nSPS) is 10.1. The molecule has 0 N–H and O–H groups in total. The highest BCUT2D eigenvalue weighted by atomic mass is 19.1. The smallest absolute Gasteiger partial charge is 0.124 e. The van der Waals surface area contributed by atoms with E-state index in [4.69, 9.17) is 6.42 Å². The Labute approximate surface area is 76.6 Å². The Hall–Kier alpha value is -1.36. The Morgan fingerprint density at radius 1 is 1.46 bits per heavy atom. The zero-order valence-corrected chi connectivity index (χ0v) is 7.27. The predicted molar refractivity (Wildman–Crippen MR) is 48.3 cm³/mol. The molecular weight excluding hydrogens is 170 g/mol. The minimum absolute atomic E-state index is 0.432. The van der Waals surface area contributed by atoms with Gasteiger partial charge in [-0.1, -0.05) is 12.8 Å². The van der Waals surface area contributed by atoms with Crippen molar-refractivity contribution < 1.29 is 8.78 Å². The summed E-state index contributed by atoms with van der Waals surface area (Å²) >= 11 is 0. The molecule has 1 aromatic rings. The molecule has 0 amide bonds. The van der Waals surface area contributed by atoms with Crippen LogP contribution in [-0.2, 0) is 0 Å². The molecule has 67 valence electrons. The van der Waals surface area contributed by atoms with Crippen LogP contribution in [0.1, 0.15) is 18.1 Å². The summed E-state index contributed by atoms with van der Waals surface area (Å²) in [5.41, 5.74) is 0.957. The maximum Gasteiger partial charge on any atom is 0.124 e. The fourth-order valence-electron chi connectivity index (χ4n) is 0.997. The van der Waals surface area contributed by atoms with E-state index in [9.17, 15) is 8.78 Å². The first-order chi connectivity index (χ1) is 6.17. The number of rotatable bonds is 2. The number of hydrogen-bond donors (Lipinski definition) is 0. The summed E-state index contributed by atoms with van der Waals surface area (Å²) in [5, 5.41) is 0. The second-order valence-electron chi connectivity index (χ2n) is 2.79. The van der Waals surface area contributed by atoms with Gasteiger partial charge in [-0.25, -0.2) is 4.39 Å². The van der Waals surface area contributed by atoms with Crippen LogP contribution in [0.25, 0.3) is 0 Å². The highest BCUT2D eigenvalue weighted by Crippen LogP contribution is 2.17. The third-order valence-electron chi connectivity index (χ3n) is 1.76. The van der Waals surface area contributed by atoms with Gasteiger partial charge in [-0.05, 0) is 23.8 Å². The van der Waals surface area contributed by atoms with Crippen molar-refractivity contribution in [2.75, 3.05) is 6.67 Å². The summed E-state index contributed by atoms with van der Waals surface area (Å²) in [4.78, 5) is 0. The molecule has 0 heterocycles. The highest BCUT2D eigenvalue weighted by molar-refractivity contribution is 5.41. The summed E-state index contributed by atoms with van der Waals surface area (Å²) < 4.78 is 25.1. The second kappa shape index (κ2) is 4.04. The average Bonchev–Trinajstić information content (AvgIpc) is 2.15. The monoisotopic (exact) mass is 179 g/mol. The molecule has 0 saturated carbocycles. The van der Waals surface area contributed by atoms with Gasteiger partial charge in [0, 0.05) is 11.5 Å². The zero-order chi connectivity index (χ0) is 9.84. The molecule has 0 aliphatic carbocycles. The lowest BCUT2D eigenvalue weighted by atomic mass is 10.0. The van der Waals surface area contributed by atoms with Crippen molar-refractivity contribution >= 4 is 0 Å². The molecule has 0 spiro atoms. The molecule has 1 radical (unpaired) electrons. The number of terminal acetylenes is 1. The fraction of sp³-hybridized carbons (Fsp3) is 0.182. The standard InChI is InChI=1S/C11H9F2/c1-3-9-4-10(8(2)7-12)6-11(13)5-9/h1,4-6H,7H2,2H3. The summed E-state index contributed by atoms with van der Waals surface area (Å²) in [6, 6.07) is 4.11. The summed E-state index contributed by atoms with van der Waals surface area (Å²) in [6.07, 6.45) is 5.11. The Morgan fingerprint density at radius 3 is 2.69 bits per heavy atom. The van der Waals surface area contributed by atoms with Gasteiger partial charge >= 0.3 is 0 Å². The van der Waals surface area contributed by atoms with E-state index in [-0.39, 0.29) is 0 Å². The second-order valence-corrected chi connectivity index (χ2v) is 2.79. The van der Waals surface area contributed by atoms with Crippen LogP contribution >= 0.6 is 0 Å². The lowest BCUT2D eigenvalue weighted by Gasteiger charge is -2.06. The van der Waals surface area contributed by atoms with Crippen LogP contribution in [0.15, 0.2) is 18.2 Å². The van der Waals surface area contributed by atoms with Crippen molar-refractivity contribution in [2.45, 2.75) is 6.92 Å². The van der Waals surface area contributed by atoms with Crippen LogP contribution in [0, 0.1) is 24.1 Å². The van der Waals surface area contributed by atoms with Gasteiger partial charge in [-0.15, -0.1) is 6.42 Å². The van der Waals surface area contributed by atoms with Crippen molar-refractivity contribution in [1.82, 2.24) is 0 Å². The van der Waals surface area contributed by atoms with Crippen molar-refractivity contribution in [3.05, 3.63) is 41.1 Å². The topological polar surface area (TPSA) is 0 Å². The van der Waals surface area contributed by atoms with Crippen LogP contribution in [-0.4, -0.2) is 6.67 Å². The number of alkyl halides is 1. The van der Waals surface area contributed by atoms with E-state index < -0.39 is 12.5 Å². The van der Waals surface area contributed by atoms with Gasteiger partial charge in [0.25, 0.3) is 0 Å². The van der Waals surface area contributed by atoms with Crippen molar-refractivity contribution in [3.8, 4) is 12.3 Å². The van der Waals surface area contributed by atoms with Crippen LogP contribution < -0.4 is 0 Å². The number of benzene rings is 1. The van der Waals surface area contributed by atoms with E-state index in [2.05, 4.69) is 5.92 Å². The summed E-state index contributed by atoms with van der Waals surface area (Å²) in [7, 11) is 0. The first-order valence-corrected chi connectivity index (χ1v) is 3.83. The van der Waals surface area contributed by atoms with Gasteiger partial charge in [0.2, 0.25) is 0 Å². The van der Waals surface area contributed by atoms with Crippen LogP contribution in [0.5, 0.6) is 0 Å².